The van der Waals surface area contributed by atoms with Crippen LogP contribution in [0.15, 0.2) is 63.5 Å². The number of aromatic nitrogens is 1. The highest BCUT2D eigenvalue weighted by atomic mass is 35.5. The lowest BCUT2D eigenvalue weighted by atomic mass is 9.96. The number of methoxy groups -OCH3 is 1. The maximum Gasteiger partial charge on any atom is 0.338 e. The minimum Gasteiger partial charge on any atom is -0.490 e. The van der Waals surface area contributed by atoms with Crippen LogP contribution < -0.4 is 19.6 Å². The summed E-state index contributed by atoms with van der Waals surface area (Å²) in [6.45, 7) is 3.53. The van der Waals surface area contributed by atoms with Crippen molar-refractivity contribution < 1.29 is 19.2 Å². The zero-order valence-corrected chi connectivity index (χ0v) is 20.6. The summed E-state index contributed by atoms with van der Waals surface area (Å²) in [5.74, 6) is -0.472. The second-order valence-corrected chi connectivity index (χ2v) is 8.93. The van der Waals surface area contributed by atoms with E-state index in [0.29, 0.717) is 26.6 Å². The number of hydrogen-bond donors (Lipinski definition) is 0. The van der Waals surface area contributed by atoms with E-state index in [0.717, 1.165) is 11.3 Å². The summed E-state index contributed by atoms with van der Waals surface area (Å²) in [7, 11) is 1.35. The Kier molecular flexibility index (Phi) is 6.86. The molecule has 0 fully saturated rings. The Morgan fingerprint density at radius 3 is 2.71 bits per heavy atom. The van der Waals surface area contributed by atoms with E-state index in [4.69, 9.17) is 21.1 Å². The summed E-state index contributed by atoms with van der Waals surface area (Å²) in [6.07, 6.45) is 1.54. The van der Waals surface area contributed by atoms with Gasteiger partial charge in [0.1, 0.15) is 6.04 Å². The van der Waals surface area contributed by atoms with Crippen LogP contribution in [-0.4, -0.2) is 29.2 Å². The molecule has 0 aliphatic carbocycles. The third-order valence-electron chi connectivity index (χ3n) is 5.41. The number of esters is 1. The molecule has 1 atom stereocenters. The molecule has 0 bridgehead atoms. The van der Waals surface area contributed by atoms with E-state index in [1.165, 1.54) is 23.8 Å². The lowest BCUT2D eigenvalue weighted by molar-refractivity contribution is -0.385. The molecule has 1 aliphatic heterocycles. The van der Waals surface area contributed by atoms with Gasteiger partial charge in [-0.25, -0.2) is 9.79 Å². The Morgan fingerprint density at radius 2 is 2.06 bits per heavy atom. The molecule has 9 nitrogen and oxygen atoms in total. The molecule has 0 spiro atoms. The summed E-state index contributed by atoms with van der Waals surface area (Å²) in [5.41, 5.74) is 1.01. The third kappa shape index (κ3) is 4.50. The number of fused-ring (bicyclic) bond motifs is 1. The number of halogens is 1. The van der Waals surface area contributed by atoms with Crippen LogP contribution in [0, 0.1) is 10.1 Å². The maximum absolute atomic E-state index is 13.6. The average molecular weight is 514 g/mol. The molecule has 0 N–H and O–H groups in total. The van der Waals surface area contributed by atoms with Crippen LogP contribution in [0.4, 0.5) is 5.69 Å². The summed E-state index contributed by atoms with van der Waals surface area (Å²) in [6, 6.07) is 10.5. The lowest BCUT2D eigenvalue weighted by Gasteiger charge is -2.25. The second-order valence-electron chi connectivity index (χ2n) is 7.51. The van der Waals surface area contributed by atoms with Gasteiger partial charge in [-0.15, -0.1) is 0 Å². The number of ether oxygens (including phenoxy) is 2. The van der Waals surface area contributed by atoms with Crippen LogP contribution in [0.2, 0.25) is 5.02 Å². The Hall–Kier alpha value is -3.76. The van der Waals surface area contributed by atoms with Crippen molar-refractivity contribution in [2.45, 2.75) is 19.9 Å². The topological polar surface area (TPSA) is 113 Å². The van der Waals surface area contributed by atoms with Gasteiger partial charge in [0.25, 0.3) is 5.56 Å². The van der Waals surface area contributed by atoms with Gasteiger partial charge in [-0.1, -0.05) is 47.2 Å². The summed E-state index contributed by atoms with van der Waals surface area (Å²) >= 11 is 7.60. The van der Waals surface area contributed by atoms with Gasteiger partial charge in [0.05, 0.1) is 34.4 Å². The molecule has 11 heteroatoms. The number of nitrogens with zero attached hydrogens (tertiary/aromatic N) is 3. The van der Waals surface area contributed by atoms with Gasteiger partial charge in [0, 0.05) is 11.1 Å². The second kappa shape index (κ2) is 9.85. The minimum atomic E-state index is -0.841. The van der Waals surface area contributed by atoms with E-state index in [2.05, 4.69) is 4.99 Å². The van der Waals surface area contributed by atoms with Gasteiger partial charge in [0.2, 0.25) is 0 Å². The molecule has 0 saturated heterocycles. The molecule has 2 heterocycles. The van der Waals surface area contributed by atoms with E-state index < -0.39 is 22.5 Å². The van der Waals surface area contributed by atoms with Crippen LogP contribution in [0.3, 0.4) is 0 Å². The first-order valence-corrected chi connectivity index (χ1v) is 11.7. The smallest absolute Gasteiger partial charge is 0.338 e. The number of nitro groups is 1. The fourth-order valence-corrected chi connectivity index (χ4v) is 5.16. The van der Waals surface area contributed by atoms with Crippen molar-refractivity contribution in [2.75, 3.05) is 13.7 Å². The molecule has 2 aromatic carbocycles. The van der Waals surface area contributed by atoms with Crippen molar-refractivity contribution in [1.29, 1.82) is 0 Å². The number of carbonyl (C=O) groups is 1. The first-order valence-electron chi connectivity index (χ1n) is 10.5. The van der Waals surface area contributed by atoms with E-state index in [1.54, 1.807) is 50.3 Å². The molecule has 4 rings (SSSR count). The largest absolute Gasteiger partial charge is 0.490 e. The minimum absolute atomic E-state index is 0.113. The average Bonchev–Trinajstić information content (AvgIpc) is 3.13. The molecule has 1 aliphatic rings. The van der Waals surface area contributed by atoms with Crippen LogP contribution in [0.25, 0.3) is 6.08 Å². The van der Waals surface area contributed by atoms with Gasteiger partial charge < -0.3 is 9.47 Å². The van der Waals surface area contributed by atoms with Crippen LogP contribution in [0.1, 0.15) is 31.0 Å². The van der Waals surface area contributed by atoms with Crippen molar-refractivity contribution in [3.8, 4) is 5.75 Å². The number of nitro benzene ring substituents is 1. The SMILES string of the molecule is CCOC(=O)C1=C(C)N=c2sc(=Cc3ccc(OC)c([N+](=O)[O-])c3)c(=O)n2C1c1ccccc1Cl. The number of benzene rings is 2. The normalized spacial score (nSPS) is 15.4. The number of carbonyl (C=O) groups excluding carboxylic acids is 1. The Morgan fingerprint density at radius 1 is 1.31 bits per heavy atom. The molecule has 180 valence electrons. The predicted octanol–water partition coefficient (Wildman–Crippen LogP) is 3.37. The molecule has 1 unspecified atom stereocenters. The molecule has 35 heavy (non-hydrogen) atoms. The van der Waals surface area contributed by atoms with Crippen molar-refractivity contribution in [2.24, 2.45) is 4.99 Å². The molecule has 0 saturated carbocycles. The number of hydrogen-bond acceptors (Lipinski definition) is 8. The molecular weight excluding hydrogens is 494 g/mol. The fraction of sp³-hybridized carbons (Fsp3) is 0.208. The van der Waals surface area contributed by atoms with Crippen molar-refractivity contribution in [3.05, 3.63) is 99.7 Å². The first kappa shape index (κ1) is 24.4. The van der Waals surface area contributed by atoms with E-state index in [9.17, 15) is 19.7 Å². The highest BCUT2D eigenvalue weighted by molar-refractivity contribution is 7.07. The molecule has 1 aromatic heterocycles. The highest BCUT2D eigenvalue weighted by Crippen LogP contribution is 2.34. The Balaban J connectivity index is 1.96. The Labute approximate surface area is 208 Å². The summed E-state index contributed by atoms with van der Waals surface area (Å²) in [4.78, 5) is 42.2. The number of thiazole rings is 1. The van der Waals surface area contributed by atoms with E-state index in [-0.39, 0.29) is 28.1 Å². The molecule has 3 aromatic rings. The maximum atomic E-state index is 13.6. The standard InChI is InChI=1S/C24H20ClN3O6S/c1-4-34-23(30)20-13(2)26-24-27(21(20)15-7-5-6-8-16(15)25)22(29)19(35-24)12-14-9-10-18(33-3)17(11-14)28(31)32/h5-12,21H,4H2,1-3H3. The summed E-state index contributed by atoms with van der Waals surface area (Å²) < 4.78 is 12.0. The van der Waals surface area contributed by atoms with E-state index in [1.807, 2.05) is 0 Å². The molecule has 0 radical (unpaired) electrons. The lowest BCUT2D eigenvalue weighted by Crippen LogP contribution is -2.40. The van der Waals surface area contributed by atoms with Gasteiger partial charge in [-0.3, -0.25) is 19.5 Å². The van der Waals surface area contributed by atoms with Gasteiger partial charge in [-0.2, -0.15) is 0 Å². The number of allylic oxidation sites excluding steroid dienone is 1. The van der Waals surface area contributed by atoms with Crippen molar-refractivity contribution >= 4 is 40.7 Å². The number of rotatable bonds is 6. The Bertz CT molecular complexity index is 1560. The highest BCUT2D eigenvalue weighted by Gasteiger charge is 2.34. The van der Waals surface area contributed by atoms with Gasteiger partial charge in [0.15, 0.2) is 10.6 Å². The zero-order chi connectivity index (χ0) is 25.3. The van der Waals surface area contributed by atoms with Gasteiger partial charge in [-0.05, 0) is 43.2 Å². The van der Waals surface area contributed by atoms with Crippen LogP contribution in [-0.2, 0) is 9.53 Å². The first-order chi connectivity index (χ1) is 16.8. The zero-order valence-electron chi connectivity index (χ0n) is 19.0. The van der Waals surface area contributed by atoms with Crippen LogP contribution >= 0.6 is 22.9 Å². The third-order valence-corrected chi connectivity index (χ3v) is 6.74. The predicted molar refractivity (Wildman–Crippen MR) is 131 cm³/mol. The molecule has 0 amide bonds. The van der Waals surface area contributed by atoms with Gasteiger partial charge >= 0.3 is 11.7 Å². The summed E-state index contributed by atoms with van der Waals surface area (Å²) in [5, 5.41) is 11.8. The fourth-order valence-electron chi connectivity index (χ4n) is 3.87. The van der Waals surface area contributed by atoms with Crippen molar-refractivity contribution in [1.82, 2.24) is 4.57 Å². The molecular formula is C24H20ClN3O6S. The van der Waals surface area contributed by atoms with Crippen molar-refractivity contribution in [3.63, 3.8) is 0 Å². The van der Waals surface area contributed by atoms with E-state index >= 15 is 0 Å². The monoisotopic (exact) mass is 513 g/mol. The van der Waals surface area contributed by atoms with Crippen LogP contribution in [0.5, 0.6) is 5.75 Å². The quantitative estimate of drug-likeness (QED) is 0.284.